The van der Waals surface area contributed by atoms with Crippen molar-refractivity contribution in [3.8, 4) is 5.75 Å². The van der Waals surface area contributed by atoms with Crippen LogP contribution in [-0.4, -0.2) is 26.9 Å². The van der Waals surface area contributed by atoms with Gasteiger partial charge in [-0.2, -0.15) is 0 Å². The number of aryl methyl sites for hydroxylation is 1. The van der Waals surface area contributed by atoms with E-state index in [9.17, 15) is 19.8 Å². The smallest absolute Gasteiger partial charge is 0.296 e. The Bertz CT molecular complexity index is 1150. The van der Waals surface area contributed by atoms with Gasteiger partial charge in [0.15, 0.2) is 16.7 Å². The molecule has 0 saturated heterocycles. The number of aromatic hydroxyl groups is 1. The van der Waals surface area contributed by atoms with Crippen LogP contribution in [0, 0.1) is 0 Å². The van der Waals surface area contributed by atoms with E-state index in [1.165, 1.54) is 33.9 Å². The van der Waals surface area contributed by atoms with Crippen LogP contribution in [0.15, 0.2) is 53.8 Å². The van der Waals surface area contributed by atoms with Crippen LogP contribution in [0.25, 0.3) is 10.2 Å². The lowest BCUT2D eigenvalue weighted by molar-refractivity contribution is -0.118. The van der Waals surface area contributed by atoms with E-state index in [-0.39, 0.29) is 23.5 Å². The van der Waals surface area contributed by atoms with Crippen LogP contribution in [0.1, 0.15) is 37.4 Å². The van der Waals surface area contributed by atoms with Gasteiger partial charge in [0.25, 0.3) is 5.91 Å². The van der Waals surface area contributed by atoms with E-state index in [4.69, 9.17) is 0 Å². The second kappa shape index (κ2) is 7.33. The monoisotopic (exact) mass is 408 g/mol. The molecule has 29 heavy (non-hydrogen) atoms. The van der Waals surface area contributed by atoms with E-state index >= 15 is 0 Å². The van der Waals surface area contributed by atoms with Crippen molar-refractivity contribution in [1.29, 1.82) is 0 Å². The SMILES string of the molecule is CCC(=O)C1=C(O)C(=O)N(c2nc3ccc(CC)cc3s2)C1c1ccc(O)cc1. The van der Waals surface area contributed by atoms with Gasteiger partial charge in [-0.1, -0.05) is 43.4 Å². The number of phenolic OH excluding ortho intramolecular Hbond substituents is 1. The first-order chi connectivity index (χ1) is 13.9. The minimum absolute atomic E-state index is 0.0664. The number of thiazole rings is 1. The van der Waals surface area contributed by atoms with Crippen LogP contribution in [0.4, 0.5) is 5.13 Å². The molecule has 0 saturated carbocycles. The number of amides is 1. The quantitative estimate of drug-likeness (QED) is 0.651. The summed E-state index contributed by atoms with van der Waals surface area (Å²) in [6.07, 6.45) is 1.05. The van der Waals surface area contributed by atoms with Crippen molar-refractivity contribution < 1.29 is 19.8 Å². The number of rotatable bonds is 5. The lowest BCUT2D eigenvalue weighted by Gasteiger charge is -2.24. The summed E-state index contributed by atoms with van der Waals surface area (Å²) in [4.78, 5) is 31.5. The third-order valence-corrected chi connectivity index (χ3v) is 6.11. The summed E-state index contributed by atoms with van der Waals surface area (Å²) in [5.41, 5.74) is 2.61. The van der Waals surface area contributed by atoms with Crippen molar-refractivity contribution in [2.75, 3.05) is 4.90 Å². The van der Waals surface area contributed by atoms with Crippen molar-refractivity contribution in [3.63, 3.8) is 0 Å². The Balaban J connectivity index is 1.87. The number of benzene rings is 2. The third-order valence-electron chi connectivity index (χ3n) is 5.09. The molecule has 0 radical (unpaired) electrons. The highest BCUT2D eigenvalue weighted by molar-refractivity contribution is 7.22. The average molecular weight is 408 g/mol. The van der Waals surface area contributed by atoms with Gasteiger partial charge < -0.3 is 10.2 Å². The predicted octanol–water partition coefficient (Wildman–Crippen LogP) is 4.44. The Kier molecular flexibility index (Phi) is 4.84. The number of aliphatic hydroxyl groups is 1. The molecule has 1 aliphatic heterocycles. The number of Topliss-reactive ketones (excluding diaryl/α,β-unsaturated/α-hetero) is 1. The fourth-order valence-electron chi connectivity index (χ4n) is 3.53. The number of aromatic nitrogens is 1. The lowest BCUT2D eigenvalue weighted by atomic mass is 9.95. The van der Waals surface area contributed by atoms with Crippen molar-refractivity contribution in [2.24, 2.45) is 0 Å². The number of aliphatic hydroxyl groups excluding tert-OH is 1. The molecule has 0 bridgehead atoms. The fourth-order valence-corrected chi connectivity index (χ4v) is 4.59. The van der Waals surface area contributed by atoms with E-state index in [1.54, 1.807) is 19.1 Å². The van der Waals surface area contributed by atoms with Gasteiger partial charge in [-0.05, 0) is 41.8 Å². The van der Waals surface area contributed by atoms with E-state index < -0.39 is 17.7 Å². The average Bonchev–Trinajstić information content (AvgIpc) is 3.26. The fraction of sp³-hybridized carbons (Fsp3) is 0.227. The number of phenols is 1. The molecule has 1 unspecified atom stereocenters. The first-order valence-electron chi connectivity index (χ1n) is 9.42. The van der Waals surface area contributed by atoms with Crippen molar-refractivity contribution in [3.05, 3.63) is 64.9 Å². The largest absolute Gasteiger partial charge is 0.508 e. The number of hydrogen-bond donors (Lipinski definition) is 2. The topological polar surface area (TPSA) is 90.7 Å². The molecule has 1 aromatic heterocycles. The maximum Gasteiger partial charge on any atom is 0.296 e. The number of anilines is 1. The Morgan fingerprint density at radius 3 is 2.52 bits per heavy atom. The molecular weight excluding hydrogens is 388 g/mol. The van der Waals surface area contributed by atoms with Crippen LogP contribution in [0.3, 0.4) is 0 Å². The summed E-state index contributed by atoms with van der Waals surface area (Å²) in [6, 6.07) is 11.4. The molecule has 0 fully saturated rings. The van der Waals surface area contributed by atoms with Crippen LogP contribution >= 0.6 is 11.3 Å². The lowest BCUT2D eigenvalue weighted by Crippen LogP contribution is -2.30. The second-order valence-electron chi connectivity index (χ2n) is 6.86. The molecule has 3 aromatic rings. The first kappa shape index (κ1) is 19.1. The number of fused-ring (bicyclic) bond motifs is 1. The molecule has 6 nitrogen and oxygen atoms in total. The molecule has 148 valence electrons. The minimum Gasteiger partial charge on any atom is -0.508 e. The minimum atomic E-state index is -0.790. The number of carbonyl (C=O) groups excluding carboxylic acids is 2. The van der Waals surface area contributed by atoms with Crippen molar-refractivity contribution >= 4 is 38.4 Å². The standard InChI is InChI=1S/C22H20N2O4S/c1-3-12-5-10-15-17(11-12)29-22(23-15)24-19(13-6-8-14(25)9-7-13)18(16(26)4-2)20(27)21(24)28/h5-11,19,25,27H,3-4H2,1-2H3. The van der Waals surface area contributed by atoms with Gasteiger partial charge in [0.05, 0.1) is 21.8 Å². The molecular formula is C22H20N2O4S. The van der Waals surface area contributed by atoms with Crippen LogP contribution in [0.2, 0.25) is 0 Å². The van der Waals surface area contributed by atoms with Crippen LogP contribution < -0.4 is 4.90 Å². The summed E-state index contributed by atoms with van der Waals surface area (Å²) < 4.78 is 0.936. The van der Waals surface area contributed by atoms with Gasteiger partial charge in [-0.15, -0.1) is 0 Å². The Labute approximate surface area is 171 Å². The highest BCUT2D eigenvalue weighted by Crippen LogP contribution is 2.44. The molecule has 0 aliphatic carbocycles. The zero-order valence-electron chi connectivity index (χ0n) is 16.0. The van der Waals surface area contributed by atoms with Gasteiger partial charge in [0.2, 0.25) is 0 Å². The summed E-state index contributed by atoms with van der Waals surface area (Å²) in [5, 5.41) is 20.6. The molecule has 4 rings (SSSR count). The highest BCUT2D eigenvalue weighted by atomic mass is 32.1. The second-order valence-corrected chi connectivity index (χ2v) is 7.87. The third kappa shape index (κ3) is 3.17. The maximum absolute atomic E-state index is 13.0. The van der Waals surface area contributed by atoms with Crippen molar-refractivity contribution in [1.82, 2.24) is 4.98 Å². The van der Waals surface area contributed by atoms with Gasteiger partial charge in [0.1, 0.15) is 5.75 Å². The molecule has 7 heteroatoms. The molecule has 0 spiro atoms. The Morgan fingerprint density at radius 1 is 1.14 bits per heavy atom. The van der Waals surface area contributed by atoms with Gasteiger partial charge in [-0.3, -0.25) is 14.5 Å². The number of ketones is 1. The molecule has 2 heterocycles. The Morgan fingerprint density at radius 2 is 1.86 bits per heavy atom. The summed E-state index contributed by atoms with van der Waals surface area (Å²) in [7, 11) is 0. The van der Waals surface area contributed by atoms with E-state index in [1.807, 2.05) is 18.2 Å². The zero-order valence-corrected chi connectivity index (χ0v) is 16.9. The molecule has 1 amide bonds. The molecule has 1 aliphatic rings. The van der Waals surface area contributed by atoms with Crippen LogP contribution in [-0.2, 0) is 16.0 Å². The van der Waals surface area contributed by atoms with Crippen LogP contribution in [0.5, 0.6) is 5.75 Å². The number of carbonyl (C=O) groups is 2. The summed E-state index contributed by atoms with van der Waals surface area (Å²) in [5.74, 6) is -1.41. The van der Waals surface area contributed by atoms with Gasteiger partial charge in [-0.25, -0.2) is 4.98 Å². The Hall–Kier alpha value is -3.19. The van der Waals surface area contributed by atoms with E-state index in [0.717, 1.165) is 16.6 Å². The molecule has 2 aromatic carbocycles. The number of hydrogen-bond acceptors (Lipinski definition) is 6. The zero-order chi connectivity index (χ0) is 20.7. The predicted molar refractivity (Wildman–Crippen MR) is 112 cm³/mol. The van der Waals surface area contributed by atoms with Crippen molar-refractivity contribution in [2.45, 2.75) is 32.7 Å². The normalized spacial score (nSPS) is 16.8. The van der Waals surface area contributed by atoms with Gasteiger partial charge >= 0.3 is 0 Å². The molecule has 1 atom stereocenters. The summed E-state index contributed by atoms with van der Waals surface area (Å²) in [6.45, 7) is 3.76. The first-order valence-corrected chi connectivity index (χ1v) is 10.2. The van der Waals surface area contributed by atoms with Gasteiger partial charge in [0, 0.05) is 6.42 Å². The molecule has 2 N–H and O–H groups in total. The number of nitrogens with zero attached hydrogens (tertiary/aromatic N) is 2. The van der Waals surface area contributed by atoms with E-state index in [0.29, 0.717) is 10.7 Å². The maximum atomic E-state index is 13.0. The summed E-state index contributed by atoms with van der Waals surface area (Å²) >= 11 is 1.35. The van der Waals surface area contributed by atoms with E-state index in [2.05, 4.69) is 11.9 Å². The highest BCUT2D eigenvalue weighted by Gasteiger charge is 2.45.